The number of hydrogen-bond donors (Lipinski definition) is 1. The van der Waals surface area contributed by atoms with Gasteiger partial charge in [-0.25, -0.2) is 4.79 Å². The number of hydroxylamine groups is 2. The highest BCUT2D eigenvalue weighted by Crippen LogP contribution is 2.17. The molecule has 1 amide bonds. The second-order valence-corrected chi connectivity index (χ2v) is 3.46. The lowest BCUT2D eigenvalue weighted by Gasteiger charge is -2.35. The summed E-state index contributed by atoms with van der Waals surface area (Å²) in [7, 11) is 1.33. The van der Waals surface area contributed by atoms with Crippen molar-refractivity contribution in [1.29, 1.82) is 0 Å². The Kier molecular flexibility index (Phi) is 3.31. The van der Waals surface area contributed by atoms with Gasteiger partial charge in [-0.3, -0.25) is 0 Å². The lowest BCUT2D eigenvalue weighted by atomic mass is 10.3. The Morgan fingerprint density at radius 2 is 2.25 bits per heavy atom. The molecule has 6 nitrogen and oxygen atoms in total. The summed E-state index contributed by atoms with van der Waals surface area (Å²) in [5.74, 6) is 0.718. The van der Waals surface area contributed by atoms with E-state index >= 15 is 0 Å². The van der Waals surface area contributed by atoms with Gasteiger partial charge >= 0.3 is 6.09 Å². The van der Waals surface area contributed by atoms with Crippen LogP contribution in [0.25, 0.3) is 0 Å². The first-order chi connectivity index (χ1) is 7.83. The van der Waals surface area contributed by atoms with E-state index in [2.05, 4.69) is 15.0 Å². The summed E-state index contributed by atoms with van der Waals surface area (Å²) in [6.07, 6.45) is 4.53. The van der Waals surface area contributed by atoms with Gasteiger partial charge in [-0.2, -0.15) is 0 Å². The summed E-state index contributed by atoms with van der Waals surface area (Å²) in [5, 5.41) is 4.41. The number of allylic oxidation sites excluding steroid dienone is 2. The van der Waals surface area contributed by atoms with E-state index in [1.165, 1.54) is 13.4 Å². The molecule has 0 atom stereocenters. The van der Waals surface area contributed by atoms with Crippen molar-refractivity contribution in [3.8, 4) is 0 Å². The van der Waals surface area contributed by atoms with E-state index in [1.807, 2.05) is 6.08 Å². The van der Waals surface area contributed by atoms with Gasteiger partial charge in [-0.15, -0.1) is 0 Å². The van der Waals surface area contributed by atoms with Gasteiger partial charge in [0.15, 0.2) is 5.82 Å². The third-order valence-electron chi connectivity index (χ3n) is 2.48. The largest absolute Gasteiger partial charge is 0.450 e. The van der Waals surface area contributed by atoms with Crippen LogP contribution in [0.5, 0.6) is 0 Å². The maximum atomic E-state index is 11.5. The first-order valence-corrected chi connectivity index (χ1v) is 5.20. The van der Waals surface area contributed by atoms with Gasteiger partial charge in [0.05, 0.1) is 7.11 Å². The van der Waals surface area contributed by atoms with Crippen molar-refractivity contribution in [3.05, 3.63) is 24.2 Å². The van der Waals surface area contributed by atoms with Gasteiger partial charge < -0.3 is 19.8 Å². The molecule has 0 aromatic carbocycles. The number of nitrogens with zero attached hydrogens (tertiary/aromatic N) is 2. The second kappa shape index (κ2) is 4.89. The van der Waals surface area contributed by atoms with Crippen LogP contribution < -0.4 is 5.32 Å². The van der Waals surface area contributed by atoms with Crippen molar-refractivity contribution in [2.75, 3.05) is 33.3 Å². The Labute approximate surface area is 94.0 Å². The number of hydrogen-bond acceptors (Lipinski definition) is 5. The topological polar surface area (TPSA) is 54.0 Å². The molecule has 88 valence electrons. The summed E-state index contributed by atoms with van der Waals surface area (Å²) in [6, 6.07) is 0. The van der Waals surface area contributed by atoms with Crippen LogP contribution in [-0.2, 0) is 9.57 Å². The average Bonchev–Trinajstić information content (AvgIpc) is 2.39. The molecule has 0 saturated carbocycles. The molecule has 2 aliphatic rings. The van der Waals surface area contributed by atoms with Gasteiger partial charge in [0.1, 0.15) is 6.26 Å². The number of amides is 1. The molecule has 6 heteroatoms. The normalized spacial score (nSPS) is 20.2. The molecule has 0 radical (unpaired) electrons. The van der Waals surface area contributed by atoms with Crippen LogP contribution in [0, 0.1) is 0 Å². The number of methoxy groups -OCH3 is 1. The maximum Gasteiger partial charge on any atom is 0.449 e. The summed E-state index contributed by atoms with van der Waals surface area (Å²) >= 11 is 0. The number of piperazine rings is 1. The zero-order valence-electron chi connectivity index (χ0n) is 9.18. The van der Waals surface area contributed by atoms with Crippen LogP contribution in [0.2, 0.25) is 0 Å². The number of nitrogens with one attached hydrogen (secondary N) is 1. The summed E-state index contributed by atoms with van der Waals surface area (Å²) in [5.41, 5.74) is 0. The number of rotatable bonds is 1. The SMILES string of the molecule is COC(=O)N1OC=CC=C1N1CCNCC1. The Bertz CT molecular complexity index is 321. The summed E-state index contributed by atoms with van der Waals surface area (Å²) in [4.78, 5) is 18.7. The Hall–Kier alpha value is -1.69. The predicted molar refractivity (Wildman–Crippen MR) is 57.0 cm³/mol. The summed E-state index contributed by atoms with van der Waals surface area (Å²) < 4.78 is 4.66. The minimum absolute atomic E-state index is 0.519. The fourth-order valence-corrected chi connectivity index (χ4v) is 1.69. The molecular formula is C10H15N3O3. The molecule has 16 heavy (non-hydrogen) atoms. The van der Waals surface area contributed by atoms with Crippen LogP contribution in [0.3, 0.4) is 0 Å². The first kappa shape index (κ1) is 10.8. The molecule has 1 N–H and O–H groups in total. The lowest BCUT2D eigenvalue weighted by Crippen LogP contribution is -2.48. The van der Waals surface area contributed by atoms with Crippen LogP contribution >= 0.6 is 0 Å². The zero-order chi connectivity index (χ0) is 11.4. The number of carbonyl (C=O) groups is 1. The summed E-state index contributed by atoms with van der Waals surface area (Å²) in [6.45, 7) is 3.49. The molecular weight excluding hydrogens is 210 g/mol. The van der Waals surface area contributed by atoms with Crippen molar-refractivity contribution < 1.29 is 14.4 Å². The van der Waals surface area contributed by atoms with Crippen molar-refractivity contribution in [2.24, 2.45) is 0 Å². The van der Waals surface area contributed by atoms with Gasteiger partial charge in [0.25, 0.3) is 0 Å². The smallest absolute Gasteiger partial charge is 0.449 e. The zero-order valence-corrected chi connectivity index (χ0v) is 9.18. The number of ether oxygens (including phenoxy) is 1. The van der Waals surface area contributed by atoms with Gasteiger partial charge in [-0.1, -0.05) is 5.06 Å². The van der Waals surface area contributed by atoms with Crippen molar-refractivity contribution in [2.45, 2.75) is 0 Å². The monoisotopic (exact) mass is 225 g/mol. The number of carbonyl (C=O) groups excluding carboxylic acids is 1. The van der Waals surface area contributed by atoms with Gasteiger partial charge in [0, 0.05) is 26.2 Å². The van der Waals surface area contributed by atoms with E-state index in [4.69, 9.17) is 4.84 Å². The highest BCUT2D eigenvalue weighted by molar-refractivity contribution is 5.68. The molecule has 2 aliphatic heterocycles. The fourth-order valence-electron chi connectivity index (χ4n) is 1.69. The minimum atomic E-state index is -0.519. The lowest BCUT2D eigenvalue weighted by molar-refractivity contribution is -0.0777. The van der Waals surface area contributed by atoms with Crippen LogP contribution in [0.4, 0.5) is 4.79 Å². The molecule has 0 aromatic rings. The average molecular weight is 225 g/mol. The van der Waals surface area contributed by atoms with Crippen LogP contribution in [0.15, 0.2) is 24.2 Å². The second-order valence-electron chi connectivity index (χ2n) is 3.46. The highest BCUT2D eigenvalue weighted by atomic mass is 16.7. The Morgan fingerprint density at radius 3 is 2.94 bits per heavy atom. The van der Waals surface area contributed by atoms with Crippen molar-refractivity contribution >= 4 is 6.09 Å². The highest BCUT2D eigenvalue weighted by Gasteiger charge is 2.26. The third kappa shape index (κ3) is 2.11. The first-order valence-electron chi connectivity index (χ1n) is 5.20. The Morgan fingerprint density at radius 1 is 1.50 bits per heavy atom. The molecule has 0 spiro atoms. The van der Waals surface area contributed by atoms with Crippen molar-refractivity contribution in [3.63, 3.8) is 0 Å². The van der Waals surface area contributed by atoms with Crippen LogP contribution in [0.1, 0.15) is 0 Å². The molecule has 1 fully saturated rings. The molecule has 2 heterocycles. The minimum Gasteiger partial charge on any atom is -0.450 e. The molecule has 0 aliphatic carbocycles. The molecule has 1 saturated heterocycles. The van der Waals surface area contributed by atoms with Gasteiger partial charge in [-0.05, 0) is 12.2 Å². The van der Waals surface area contributed by atoms with E-state index in [0.29, 0.717) is 0 Å². The van der Waals surface area contributed by atoms with E-state index in [0.717, 1.165) is 37.1 Å². The van der Waals surface area contributed by atoms with E-state index in [-0.39, 0.29) is 0 Å². The Balaban J connectivity index is 2.11. The quantitative estimate of drug-likeness (QED) is 0.693. The predicted octanol–water partition coefficient (Wildman–Crippen LogP) is 0.260. The molecule has 0 aromatic heterocycles. The molecule has 0 unspecified atom stereocenters. The van der Waals surface area contributed by atoms with E-state index in [1.54, 1.807) is 6.08 Å². The van der Waals surface area contributed by atoms with Crippen molar-refractivity contribution in [1.82, 2.24) is 15.3 Å². The fraction of sp³-hybridized carbons (Fsp3) is 0.500. The van der Waals surface area contributed by atoms with E-state index < -0.39 is 6.09 Å². The molecule has 0 bridgehead atoms. The standard InChI is InChI=1S/C10H15N3O3/c1-15-10(14)13-9(3-2-8-16-13)12-6-4-11-5-7-12/h2-3,8,11H,4-7H2,1H3. The van der Waals surface area contributed by atoms with E-state index in [9.17, 15) is 4.79 Å². The molecule has 2 rings (SSSR count). The maximum absolute atomic E-state index is 11.5. The van der Waals surface area contributed by atoms with Gasteiger partial charge in [0.2, 0.25) is 0 Å². The van der Waals surface area contributed by atoms with Crippen LogP contribution in [-0.4, -0.2) is 49.3 Å². The third-order valence-corrected chi connectivity index (χ3v) is 2.48.